The third-order valence-corrected chi connectivity index (χ3v) is 8.14. The molecule has 6 aromatic rings. The third-order valence-electron chi connectivity index (χ3n) is 8.14. The van der Waals surface area contributed by atoms with Crippen LogP contribution in [0.25, 0.3) is 33.4 Å². The second-order valence-corrected chi connectivity index (χ2v) is 11.1. The van der Waals surface area contributed by atoms with Crippen molar-refractivity contribution in [3.63, 3.8) is 0 Å². The molecule has 1 unspecified atom stereocenters. The average molecular weight is 636 g/mol. The second kappa shape index (κ2) is 14.5. The first-order chi connectivity index (χ1) is 23.5. The van der Waals surface area contributed by atoms with E-state index in [-0.39, 0.29) is 23.5 Å². The van der Waals surface area contributed by atoms with Gasteiger partial charge in [-0.05, 0) is 51.6 Å². The predicted molar refractivity (Wildman–Crippen MR) is 184 cm³/mol. The molecule has 0 aliphatic carbocycles. The highest BCUT2D eigenvalue weighted by molar-refractivity contribution is 5.95. The molecule has 1 aromatic heterocycles. The minimum atomic E-state index is -1.51. The quantitative estimate of drug-likeness (QED) is 0.111. The Morgan fingerprint density at radius 2 is 1.04 bits per heavy atom. The average Bonchev–Trinajstić information content (AvgIpc) is 3.52. The largest absolute Gasteiger partial charge is 0.466 e. The first kappa shape index (κ1) is 31.8. The number of nitrogens with zero attached hydrogens (tertiary/aromatic N) is 1. The fourth-order valence-electron chi connectivity index (χ4n) is 5.69. The lowest BCUT2D eigenvalue weighted by Crippen LogP contribution is -2.26. The van der Waals surface area contributed by atoms with Gasteiger partial charge in [0.15, 0.2) is 0 Å². The van der Waals surface area contributed by atoms with Crippen molar-refractivity contribution in [1.29, 1.82) is 0 Å². The summed E-state index contributed by atoms with van der Waals surface area (Å²) in [6.45, 7) is 0.194. The molecule has 6 rings (SSSR count). The Hall–Kier alpha value is -6.21. The van der Waals surface area contributed by atoms with Crippen molar-refractivity contribution < 1.29 is 28.6 Å². The first-order valence-electron chi connectivity index (χ1n) is 15.4. The van der Waals surface area contributed by atoms with E-state index in [1.807, 2.05) is 127 Å². The molecule has 1 atom stereocenters. The molecule has 0 fully saturated rings. The van der Waals surface area contributed by atoms with E-state index in [4.69, 9.17) is 14.2 Å². The van der Waals surface area contributed by atoms with Gasteiger partial charge in [0, 0.05) is 12.1 Å². The van der Waals surface area contributed by atoms with Crippen molar-refractivity contribution in [2.75, 3.05) is 14.2 Å². The molecule has 0 saturated carbocycles. The summed E-state index contributed by atoms with van der Waals surface area (Å²) >= 11 is 0. The van der Waals surface area contributed by atoms with Gasteiger partial charge in [0.05, 0.1) is 25.5 Å². The van der Waals surface area contributed by atoms with E-state index >= 15 is 0 Å². The topological polar surface area (TPSA) is 83.8 Å². The fraction of sp³-hybridized carbons (Fsp3) is 0.0976. The number of carbonyl (C=O) groups excluding carboxylic acids is 3. The summed E-state index contributed by atoms with van der Waals surface area (Å²) in [5, 5.41) is 0. The van der Waals surface area contributed by atoms with Gasteiger partial charge in [-0.2, -0.15) is 0 Å². The highest BCUT2D eigenvalue weighted by Gasteiger charge is 2.35. The van der Waals surface area contributed by atoms with Gasteiger partial charge in [-0.15, -0.1) is 0 Å². The summed E-state index contributed by atoms with van der Waals surface area (Å²) in [6, 6.07) is 45.6. The van der Waals surface area contributed by atoms with E-state index in [0.717, 1.165) is 27.8 Å². The van der Waals surface area contributed by atoms with E-state index in [1.54, 1.807) is 22.8 Å². The number of rotatable bonds is 10. The van der Waals surface area contributed by atoms with Gasteiger partial charge >= 0.3 is 17.9 Å². The van der Waals surface area contributed by atoms with Gasteiger partial charge in [0.2, 0.25) is 6.10 Å². The van der Waals surface area contributed by atoms with Gasteiger partial charge < -0.3 is 18.8 Å². The molecular formula is C41H33NO6. The molecule has 0 spiro atoms. The number of carbonyl (C=O) groups is 3. The second-order valence-electron chi connectivity index (χ2n) is 11.1. The smallest absolute Gasteiger partial charge is 0.354 e. The summed E-state index contributed by atoms with van der Waals surface area (Å²) in [6.07, 6.45) is -1.51. The van der Waals surface area contributed by atoms with E-state index in [1.165, 1.54) is 14.2 Å². The normalized spacial score (nSPS) is 11.4. The van der Waals surface area contributed by atoms with Crippen molar-refractivity contribution in [1.82, 2.24) is 4.57 Å². The predicted octanol–water partition coefficient (Wildman–Crippen LogP) is 8.40. The molecule has 0 saturated heterocycles. The number of methoxy groups -OCH3 is 2. The van der Waals surface area contributed by atoms with Gasteiger partial charge in [0.1, 0.15) is 5.69 Å². The number of hydrogen-bond donors (Lipinski definition) is 0. The van der Waals surface area contributed by atoms with Crippen molar-refractivity contribution >= 4 is 17.9 Å². The van der Waals surface area contributed by atoms with E-state index in [2.05, 4.69) is 0 Å². The number of ether oxygens (including phenoxy) is 3. The molecule has 0 radical (unpaired) electrons. The van der Waals surface area contributed by atoms with Crippen LogP contribution in [0.2, 0.25) is 0 Å². The zero-order valence-electron chi connectivity index (χ0n) is 26.5. The molecule has 0 amide bonds. The monoisotopic (exact) mass is 635 g/mol. The molecule has 238 valence electrons. The SMILES string of the molecule is COC(=O)c1cc(-c2ccc(-c3ccccc3)cc2)c(C(OC(=O)c2ccc(-c3ccccc3)cc2)C(=O)OC)n1Cc1ccccc1. The Kier molecular flexibility index (Phi) is 9.58. The lowest BCUT2D eigenvalue weighted by molar-refractivity contribution is -0.151. The zero-order chi connectivity index (χ0) is 33.5. The summed E-state index contributed by atoms with van der Waals surface area (Å²) in [7, 11) is 2.53. The molecule has 7 nitrogen and oxygen atoms in total. The highest BCUT2D eigenvalue weighted by Crippen LogP contribution is 2.37. The van der Waals surface area contributed by atoms with Crippen LogP contribution in [0.5, 0.6) is 0 Å². The van der Waals surface area contributed by atoms with Crippen LogP contribution < -0.4 is 0 Å². The van der Waals surface area contributed by atoms with Crippen LogP contribution >= 0.6 is 0 Å². The standard InChI is InChI=1S/C41H33NO6/c1-46-40(44)36-26-35(33-22-18-31(19-23-33)29-14-8-4-9-15-29)37(42(36)27-28-12-6-3-7-13-28)38(41(45)47-2)48-39(43)34-24-20-32(21-25-34)30-16-10-5-11-17-30/h3-26,38H,27H2,1-2H3. The maximum atomic E-state index is 13.7. The van der Waals surface area contributed by atoms with Crippen molar-refractivity contribution in [3.8, 4) is 33.4 Å². The third kappa shape index (κ3) is 6.81. The molecular weight excluding hydrogens is 602 g/mol. The molecule has 5 aromatic carbocycles. The molecule has 0 aliphatic rings. The molecule has 7 heteroatoms. The Morgan fingerprint density at radius 1 is 0.562 bits per heavy atom. The van der Waals surface area contributed by atoms with Gasteiger partial charge in [0.25, 0.3) is 0 Å². The van der Waals surface area contributed by atoms with Gasteiger partial charge in [-0.25, -0.2) is 14.4 Å². The molecule has 0 bridgehead atoms. The van der Waals surface area contributed by atoms with Crippen LogP contribution in [-0.2, 0) is 25.5 Å². The fourth-order valence-corrected chi connectivity index (χ4v) is 5.69. The number of benzene rings is 5. The van der Waals surface area contributed by atoms with Crippen LogP contribution in [0.1, 0.15) is 38.2 Å². The Balaban J connectivity index is 1.46. The van der Waals surface area contributed by atoms with Crippen LogP contribution in [0.4, 0.5) is 0 Å². The minimum absolute atomic E-state index is 0.190. The molecule has 0 N–H and O–H groups in total. The van der Waals surface area contributed by atoms with Crippen molar-refractivity contribution in [2.24, 2.45) is 0 Å². The van der Waals surface area contributed by atoms with Gasteiger partial charge in [-0.1, -0.05) is 127 Å². The van der Waals surface area contributed by atoms with Gasteiger partial charge in [-0.3, -0.25) is 0 Å². The van der Waals surface area contributed by atoms with Crippen LogP contribution in [0.15, 0.2) is 146 Å². The number of esters is 3. The maximum Gasteiger partial charge on any atom is 0.354 e. The van der Waals surface area contributed by atoms with E-state index in [0.29, 0.717) is 11.1 Å². The number of hydrogen-bond acceptors (Lipinski definition) is 6. The van der Waals surface area contributed by atoms with E-state index < -0.39 is 24.0 Å². The minimum Gasteiger partial charge on any atom is -0.466 e. The molecule has 1 heterocycles. The molecule has 0 aliphatic heterocycles. The Bertz CT molecular complexity index is 2020. The number of aromatic nitrogens is 1. The lowest BCUT2D eigenvalue weighted by Gasteiger charge is -2.21. The van der Waals surface area contributed by atoms with Crippen LogP contribution in [0.3, 0.4) is 0 Å². The summed E-state index contributed by atoms with van der Waals surface area (Å²) < 4.78 is 18.0. The maximum absolute atomic E-state index is 13.7. The lowest BCUT2D eigenvalue weighted by atomic mass is 9.98. The van der Waals surface area contributed by atoms with Crippen LogP contribution in [-0.4, -0.2) is 36.7 Å². The summed E-state index contributed by atoms with van der Waals surface area (Å²) in [4.78, 5) is 40.5. The van der Waals surface area contributed by atoms with Crippen LogP contribution in [0, 0.1) is 0 Å². The zero-order valence-corrected chi connectivity index (χ0v) is 26.5. The van der Waals surface area contributed by atoms with Crippen molar-refractivity contribution in [3.05, 3.63) is 168 Å². The highest BCUT2D eigenvalue weighted by atomic mass is 16.6. The Labute approximate surface area is 279 Å². The van der Waals surface area contributed by atoms with Crippen molar-refractivity contribution in [2.45, 2.75) is 12.6 Å². The van der Waals surface area contributed by atoms with E-state index in [9.17, 15) is 14.4 Å². The summed E-state index contributed by atoms with van der Waals surface area (Å²) in [5.74, 6) is -2.12. The first-order valence-corrected chi connectivity index (χ1v) is 15.4. The summed E-state index contributed by atoms with van der Waals surface area (Å²) in [5.41, 5.74) is 6.78. The molecule has 48 heavy (non-hydrogen) atoms. The Morgan fingerprint density at radius 3 is 1.56 bits per heavy atom.